The summed E-state index contributed by atoms with van der Waals surface area (Å²) in [7, 11) is 1.66. The van der Waals surface area contributed by atoms with Gasteiger partial charge in [-0.05, 0) is 42.7 Å². The molecule has 0 radical (unpaired) electrons. The van der Waals surface area contributed by atoms with Crippen molar-refractivity contribution in [3.8, 4) is 5.75 Å². The van der Waals surface area contributed by atoms with Crippen molar-refractivity contribution >= 4 is 22.9 Å². The van der Waals surface area contributed by atoms with Crippen LogP contribution in [0.5, 0.6) is 5.75 Å². The summed E-state index contributed by atoms with van der Waals surface area (Å²) in [6.45, 7) is 0.785. The molecule has 1 aliphatic rings. The number of methoxy groups -OCH3 is 1. The number of aromatic nitrogens is 1. The molecule has 0 saturated carbocycles. The highest BCUT2D eigenvalue weighted by Crippen LogP contribution is 2.33. The molecule has 1 fully saturated rings. The lowest BCUT2D eigenvalue weighted by molar-refractivity contribution is -0.126. The summed E-state index contributed by atoms with van der Waals surface area (Å²) in [5.41, 5.74) is 3.03. The van der Waals surface area contributed by atoms with E-state index in [1.165, 1.54) is 0 Å². The van der Waals surface area contributed by atoms with Gasteiger partial charge < -0.3 is 9.64 Å². The highest BCUT2D eigenvalue weighted by Gasteiger charge is 2.28. The van der Waals surface area contributed by atoms with Crippen LogP contribution in [0.2, 0.25) is 0 Å². The standard InChI is InChI=1S/C23H22N2O2/c1-27-20-12-9-17(10-13-20)21-8-4-16-25(21)22(26)14-11-19-6-2-5-18-7-3-15-24-23(18)19/h2-3,5-7,9-15,21H,4,8,16H2,1H3/b14-11+. The van der Waals surface area contributed by atoms with Crippen LogP contribution in [0.3, 0.4) is 0 Å². The molecule has 136 valence electrons. The third-order valence-electron chi connectivity index (χ3n) is 5.11. The summed E-state index contributed by atoms with van der Waals surface area (Å²) in [5.74, 6) is 0.874. The Morgan fingerprint density at radius 1 is 1.15 bits per heavy atom. The molecule has 1 atom stereocenters. The first-order chi connectivity index (χ1) is 13.3. The van der Waals surface area contributed by atoms with Crippen LogP contribution < -0.4 is 4.74 Å². The maximum absolute atomic E-state index is 12.9. The van der Waals surface area contributed by atoms with Crippen LogP contribution >= 0.6 is 0 Å². The number of para-hydroxylation sites is 1. The minimum atomic E-state index is 0.0428. The average Bonchev–Trinajstić information content (AvgIpc) is 3.22. The van der Waals surface area contributed by atoms with Crippen molar-refractivity contribution in [2.24, 2.45) is 0 Å². The Labute approximate surface area is 159 Å². The van der Waals surface area contributed by atoms with Gasteiger partial charge in [0, 0.05) is 29.8 Å². The normalized spacial score (nSPS) is 16.9. The van der Waals surface area contributed by atoms with E-state index in [0.29, 0.717) is 0 Å². The number of fused-ring (bicyclic) bond motifs is 1. The summed E-state index contributed by atoms with van der Waals surface area (Å²) in [5, 5.41) is 1.07. The Kier molecular flexibility index (Phi) is 4.88. The molecule has 4 rings (SSSR count). The maximum Gasteiger partial charge on any atom is 0.247 e. The first kappa shape index (κ1) is 17.3. The summed E-state index contributed by atoms with van der Waals surface area (Å²) < 4.78 is 5.23. The minimum Gasteiger partial charge on any atom is -0.497 e. The lowest BCUT2D eigenvalue weighted by Crippen LogP contribution is -2.28. The molecular weight excluding hydrogens is 336 g/mol. The Balaban J connectivity index is 1.55. The second-order valence-electron chi connectivity index (χ2n) is 6.72. The van der Waals surface area contributed by atoms with Gasteiger partial charge in [-0.3, -0.25) is 9.78 Å². The molecule has 1 aliphatic heterocycles. The highest BCUT2D eigenvalue weighted by atomic mass is 16.5. The van der Waals surface area contributed by atoms with E-state index in [4.69, 9.17) is 4.74 Å². The Bertz CT molecular complexity index is 974. The van der Waals surface area contributed by atoms with Crippen LogP contribution in [0.4, 0.5) is 0 Å². The second kappa shape index (κ2) is 7.62. The number of ether oxygens (including phenoxy) is 1. The van der Waals surface area contributed by atoms with Gasteiger partial charge in [0.25, 0.3) is 0 Å². The van der Waals surface area contributed by atoms with Crippen molar-refractivity contribution in [3.63, 3.8) is 0 Å². The van der Waals surface area contributed by atoms with Gasteiger partial charge in [-0.1, -0.05) is 36.4 Å². The SMILES string of the molecule is COc1ccc(C2CCCN2C(=O)/C=C/c2cccc3cccnc23)cc1. The molecule has 1 saturated heterocycles. The zero-order valence-corrected chi connectivity index (χ0v) is 15.3. The van der Waals surface area contributed by atoms with E-state index in [9.17, 15) is 4.79 Å². The number of carbonyl (C=O) groups is 1. The summed E-state index contributed by atoms with van der Waals surface area (Å²) >= 11 is 0. The molecule has 1 unspecified atom stereocenters. The molecule has 4 heteroatoms. The van der Waals surface area contributed by atoms with Crippen LogP contribution in [0.15, 0.2) is 66.9 Å². The van der Waals surface area contributed by atoms with Crippen LogP contribution in [-0.2, 0) is 4.79 Å². The average molecular weight is 358 g/mol. The minimum absolute atomic E-state index is 0.0428. The Morgan fingerprint density at radius 2 is 1.96 bits per heavy atom. The molecule has 1 amide bonds. The van der Waals surface area contributed by atoms with Crippen LogP contribution in [0.1, 0.15) is 30.0 Å². The van der Waals surface area contributed by atoms with E-state index >= 15 is 0 Å². The molecule has 1 aromatic heterocycles. The summed E-state index contributed by atoms with van der Waals surface area (Å²) in [4.78, 5) is 19.3. The predicted molar refractivity (Wildman–Crippen MR) is 107 cm³/mol. The second-order valence-corrected chi connectivity index (χ2v) is 6.72. The van der Waals surface area contributed by atoms with Gasteiger partial charge in [0.05, 0.1) is 18.7 Å². The van der Waals surface area contributed by atoms with Crippen molar-refractivity contribution in [2.45, 2.75) is 18.9 Å². The fraction of sp³-hybridized carbons (Fsp3) is 0.217. The molecular formula is C23H22N2O2. The number of nitrogens with zero attached hydrogens (tertiary/aromatic N) is 2. The Hall–Kier alpha value is -3.14. The third kappa shape index (κ3) is 3.56. The number of rotatable bonds is 4. The quantitative estimate of drug-likeness (QED) is 0.639. The van der Waals surface area contributed by atoms with Gasteiger partial charge in [-0.2, -0.15) is 0 Å². The molecule has 0 spiro atoms. The van der Waals surface area contributed by atoms with Crippen molar-refractivity contribution in [1.82, 2.24) is 9.88 Å². The lowest BCUT2D eigenvalue weighted by atomic mass is 10.0. The fourth-order valence-corrected chi connectivity index (χ4v) is 3.72. The molecule has 2 heterocycles. The van der Waals surface area contributed by atoms with E-state index < -0.39 is 0 Å². The summed E-state index contributed by atoms with van der Waals surface area (Å²) in [6.07, 6.45) is 7.34. The number of hydrogen-bond acceptors (Lipinski definition) is 3. The summed E-state index contributed by atoms with van der Waals surface area (Å²) in [6, 6.07) is 18.1. The van der Waals surface area contributed by atoms with Gasteiger partial charge >= 0.3 is 0 Å². The highest BCUT2D eigenvalue weighted by molar-refractivity contribution is 5.95. The van der Waals surface area contributed by atoms with Gasteiger partial charge in [-0.25, -0.2) is 0 Å². The molecule has 3 aromatic rings. The van der Waals surface area contributed by atoms with Crippen molar-refractivity contribution in [3.05, 3.63) is 78.0 Å². The van der Waals surface area contributed by atoms with E-state index in [0.717, 1.165) is 47.2 Å². The zero-order valence-electron chi connectivity index (χ0n) is 15.3. The third-order valence-corrected chi connectivity index (χ3v) is 5.11. The van der Waals surface area contributed by atoms with Crippen LogP contribution in [0, 0.1) is 0 Å². The van der Waals surface area contributed by atoms with Gasteiger partial charge in [0.15, 0.2) is 0 Å². The van der Waals surface area contributed by atoms with Gasteiger partial charge in [-0.15, -0.1) is 0 Å². The first-order valence-corrected chi connectivity index (χ1v) is 9.22. The van der Waals surface area contributed by atoms with Gasteiger partial charge in [0.2, 0.25) is 5.91 Å². The number of amides is 1. The molecule has 2 aromatic carbocycles. The lowest BCUT2D eigenvalue weighted by Gasteiger charge is -2.24. The molecule has 0 aliphatic carbocycles. The number of likely N-dealkylation sites (tertiary alicyclic amines) is 1. The molecule has 0 N–H and O–H groups in total. The molecule has 4 nitrogen and oxygen atoms in total. The van der Waals surface area contributed by atoms with Crippen molar-refractivity contribution < 1.29 is 9.53 Å². The molecule has 0 bridgehead atoms. The number of benzene rings is 2. The topological polar surface area (TPSA) is 42.4 Å². The van der Waals surface area contributed by atoms with Crippen molar-refractivity contribution in [1.29, 1.82) is 0 Å². The smallest absolute Gasteiger partial charge is 0.247 e. The van der Waals surface area contributed by atoms with E-state index in [-0.39, 0.29) is 11.9 Å². The van der Waals surface area contributed by atoms with E-state index in [1.54, 1.807) is 19.4 Å². The largest absolute Gasteiger partial charge is 0.497 e. The fourth-order valence-electron chi connectivity index (χ4n) is 3.72. The van der Waals surface area contributed by atoms with E-state index in [2.05, 4.69) is 4.98 Å². The van der Waals surface area contributed by atoms with E-state index in [1.807, 2.05) is 65.6 Å². The predicted octanol–water partition coefficient (Wildman–Crippen LogP) is 4.62. The zero-order chi connectivity index (χ0) is 18.6. The van der Waals surface area contributed by atoms with Gasteiger partial charge in [0.1, 0.15) is 5.75 Å². The Morgan fingerprint density at radius 3 is 2.78 bits per heavy atom. The monoisotopic (exact) mass is 358 g/mol. The number of pyridine rings is 1. The van der Waals surface area contributed by atoms with Crippen molar-refractivity contribution in [2.75, 3.05) is 13.7 Å². The first-order valence-electron chi connectivity index (χ1n) is 9.22. The number of hydrogen-bond donors (Lipinski definition) is 0. The van der Waals surface area contributed by atoms with Crippen LogP contribution in [-0.4, -0.2) is 29.4 Å². The molecule has 27 heavy (non-hydrogen) atoms. The maximum atomic E-state index is 12.9. The number of carbonyl (C=O) groups excluding carboxylic acids is 1. The van der Waals surface area contributed by atoms with Crippen LogP contribution in [0.25, 0.3) is 17.0 Å².